The lowest BCUT2D eigenvalue weighted by Crippen LogP contribution is -2.37. The third-order valence-electron chi connectivity index (χ3n) is 3.80. The minimum absolute atomic E-state index is 0.118. The maximum atomic E-state index is 12.5. The SMILES string of the molecule is COC(=O)c1nn(C)c2c1CCN(C(=O)c1ccccn1)C2. The Labute approximate surface area is 127 Å². The highest BCUT2D eigenvalue weighted by Crippen LogP contribution is 2.23. The molecule has 0 unspecified atom stereocenters. The van der Waals surface area contributed by atoms with Crippen molar-refractivity contribution < 1.29 is 14.3 Å². The van der Waals surface area contributed by atoms with Crippen molar-refractivity contribution in [3.63, 3.8) is 0 Å². The second kappa shape index (κ2) is 5.59. The van der Waals surface area contributed by atoms with Gasteiger partial charge in [-0.2, -0.15) is 5.10 Å². The molecular formula is C15H16N4O3. The van der Waals surface area contributed by atoms with Crippen molar-refractivity contribution in [1.29, 1.82) is 0 Å². The van der Waals surface area contributed by atoms with Crippen LogP contribution < -0.4 is 0 Å². The number of carbonyl (C=O) groups is 2. The van der Waals surface area contributed by atoms with E-state index in [0.29, 0.717) is 30.9 Å². The van der Waals surface area contributed by atoms with Crippen LogP contribution in [0.25, 0.3) is 0 Å². The summed E-state index contributed by atoms with van der Waals surface area (Å²) in [4.78, 5) is 30.0. The molecule has 0 atom stereocenters. The molecule has 3 heterocycles. The summed E-state index contributed by atoms with van der Waals surface area (Å²) in [6.07, 6.45) is 2.17. The van der Waals surface area contributed by atoms with E-state index in [2.05, 4.69) is 10.1 Å². The molecule has 0 saturated heterocycles. The van der Waals surface area contributed by atoms with E-state index in [0.717, 1.165) is 11.3 Å². The molecule has 2 aromatic heterocycles. The molecule has 7 heteroatoms. The van der Waals surface area contributed by atoms with Gasteiger partial charge in [0, 0.05) is 25.4 Å². The molecule has 1 amide bonds. The van der Waals surface area contributed by atoms with Crippen LogP contribution in [0.3, 0.4) is 0 Å². The standard InChI is InChI=1S/C15H16N4O3/c1-18-12-9-19(14(20)11-5-3-4-7-16-11)8-6-10(12)13(17-18)15(21)22-2/h3-5,7H,6,8-9H2,1-2H3. The maximum Gasteiger partial charge on any atom is 0.358 e. The number of pyridine rings is 1. The zero-order chi connectivity index (χ0) is 15.7. The summed E-state index contributed by atoms with van der Waals surface area (Å²) < 4.78 is 6.39. The summed E-state index contributed by atoms with van der Waals surface area (Å²) in [5.74, 6) is -0.562. The van der Waals surface area contributed by atoms with Gasteiger partial charge in [-0.1, -0.05) is 6.07 Å². The Balaban J connectivity index is 1.87. The molecular weight excluding hydrogens is 284 g/mol. The number of rotatable bonds is 2. The van der Waals surface area contributed by atoms with E-state index in [1.807, 2.05) is 0 Å². The zero-order valence-electron chi connectivity index (χ0n) is 12.4. The number of fused-ring (bicyclic) bond motifs is 1. The van der Waals surface area contributed by atoms with Gasteiger partial charge in [0.2, 0.25) is 0 Å². The highest BCUT2D eigenvalue weighted by Gasteiger charge is 2.30. The Morgan fingerprint density at radius 2 is 2.14 bits per heavy atom. The Bertz CT molecular complexity index is 724. The molecule has 7 nitrogen and oxygen atoms in total. The van der Waals surface area contributed by atoms with Gasteiger partial charge in [-0.15, -0.1) is 0 Å². The lowest BCUT2D eigenvalue weighted by atomic mass is 10.0. The molecule has 0 N–H and O–H groups in total. The summed E-state index contributed by atoms with van der Waals surface area (Å²) in [6, 6.07) is 5.25. The van der Waals surface area contributed by atoms with Gasteiger partial charge >= 0.3 is 5.97 Å². The van der Waals surface area contributed by atoms with Crippen LogP contribution >= 0.6 is 0 Å². The Kier molecular flexibility index (Phi) is 3.62. The van der Waals surface area contributed by atoms with E-state index in [1.165, 1.54) is 7.11 Å². The van der Waals surface area contributed by atoms with Gasteiger partial charge in [0.1, 0.15) is 5.69 Å². The first-order valence-electron chi connectivity index (χ1n) is 6.95. The van der Waals surface area contributed by atoms with Crippen molar-refractivity contribution in [2.75, 3.05) is 13.7 Å². The van der Waals surface area contributed by atoms with E-state index < -0.39 is 5.97 Å². The fraction of sp³-hybridized carbons (Fsp3) is 0.333. The van der Waals surface area contributed by atoms with Crippen molar-refractivity contribution in [2.45, 2.75) is 13.0 Å². The van der Waals surface area contributed by atoms with Gasteiger partial charge in [0.25, 0.3) is 5.91 Å². The van der Waals surface area contributed by atoms with Crippen LogP contribution in [0.5, 0.6) is 0 Å². The van der Waals surface area contributed by atoms with E-state index in [9.17, 15) is 9.59 Å². The Morgan fingerprint density at radius 3 is 2.82 bits per heavy atom. The second-order valence-corrected chi connectivity index (χ2v) is 5.08. The van der Waals surface area contributed by atoms with Gasteiger partial charge < -0.3 is 9.64 Å². The molecule has 1 aliphatic rings. The smallest absolute Gasteiger partial charge is 0.358 e. The van der Waals surface area contributed by atoms with E-state index in [1.54, 1.807) is 41.0 Å². The second-order valence-electron chi connectivity index (χ2n) is 5.08. The Hall–Kier alpha value is -2.70. The minimum atomic E-state index is -0.443. The molecule has 0 aliphatic carbocycles. The average Bonchev–Trinajstić information content (AvgIpc) is 2.90. The number of aromatic nitrogens is 3. The van der Waals surface area contributed by atoms with Gasteiger partial charge in [-0.05, 0) is 18.6 Å². The van der Waals surface area contributed by atoms with Crippen molar-refractivity contribution in [2.24, 2.45) is 7.05 Å². The monoisotopic (exact) mass is 300 g/mol. The fourth-order valence-corrected chi connectivity index (χ4v) is 2.66. The number of carbonyl (C=O) groups excluding carboxylic acids is 2. The molecule has 3 rings (SSSR count). The van der Waals surface area contributed by atoms with Gasteiger partial charge in [0.05, 0.1) is 19.3 Å². The third-order valence-corrected chi connectivity index (χ3v) is 3.80. The largest absolute Gasteiger partial charge is 0.464 e. The summed E-state index contributed by atoms with van der Waals surface area (Å²) in [7, 11) is 3.10. The lowest BCUT2D eigenvalue weighted by Gasteiger charge is -2.27. The number of amides is 1. The van der Waals surface area contributed by atoms with Crippen LogP contribution in [-0.4, -0.2) is 45.2 Å². The van der Waals surface area contributed by atoms with E-state index in [4.69, 9.17) is 4.74 Å². The number of methoxy groups -OCH3 is 1. The number of nitrogens with zero attached hydrogens (tertiary/aromatic N) is 4. The first-order chi connectivity index (χ1) is 10.6. The van der Waals surface area contributed by atoms with Gasteiger partial charge in [0.15, 0.2) is 5.69 Å². The highest BCUT2D eigenvalue weighted by atomic mass is 16.5. The summed E-state index contributed by atoms with van der Waals surface area (Å²) in [5, 5.41) is 4.22. The summed E-state index contributed by atoms with van der Waals surface area (Å²) in [6.45, 7) is 0.934. The quantitative estimate of drug-likeness (QED) is 0.767. The van der Waals surface area contributed by atoms with Crippen molar-refractivity contribution in [3.8, 4) is 0 Å². The van der Waals surface area contributed by atoms with Crippen LogP contribution in [0.4, 0.5) is 0 Å². The topological polar surface area (TPSA) is 77.3 Å². The molecule has 0 radical (unpaired) electrons. The zero-order valence-corrected chi connectivity index (χ0v) is 12.4. The van der Waals surface area contributed by atoms with Crippen molar-refractivity contribution >= 4 is 11.9 Å². The molecule has 2 aromatic rings. The molecule has 0 aromatic carbocycles. The normalized spacial score (nSPS) is 13.6. The van der Waals surface area contributed by atoms with Crippen molar-refractivity contribution in [3.05, 3.63) is 47.0 Å². The van der Waals surface area contributed by atoms with Crippen molar-refractivity contribution in [1.82, 2.24) is 19.7 Å². The molecule has 1 aliphatic heterocycles. The van der Waals surface area contributed by atoms with E-state index >= 15 is 0 Å². The first kappa shape index (κ1) is 14.2. The van der Waals surface area contributed by atoms with Gasteiger partial charge in [-0.3, -0.25) is 14.5 Å². The van der Waals surface area contributed by atoms with Crippen LogP contribution in [0, 0.1) is 0 Å². The lowest BCUT2D eigenvalue weighted by molar-refractivity contribution is 0.0591. The fourth-order valence-electron chi connectivity index (χ4n) is 2.66. The molecule has 22 heavy (non-hydrogen) atoms. The highest BCUT2D eigenvalue weighted by molar-refractivity contribution is 5.93. The van der Waals surface area contributed by atoms with Crippen LogP contribution in [0.15, 0.2) is 24.4 Å². The van der Waals surface area contributed by atoms with E-state index in [-0.39, 0.29) is 5.91 Å². The van der Waals surface area contributed by atoms with Crippen LogP contribution in [0.1, 0.15) is 32.2 Å². The molecule has 0 spiro atoms. The number of aryl methyl sites for hydroxylation is 1. The average molecular weight is 300 g/mol. The molecule has 0 fully saturated rings. The molecule has 0 saturated carbocycles. The van der Waals surface area contributed by atoms with Crippen LogP contribution in [-0.2, 0) is 24.8 Å². The number of hydrogen-bond acceptors (Lipinski definition) is 5. The number of hydrogen-bond donors (Lipinski definition) is 0. The first-order valence-corrected chi connectivity index (χ1v) is 6.95. The number of ether oxygens (including phenoxy) is 1. The predicted octanol–water partition coefficient (Wildman–Crippen LogP) is 0.800. The third kappa shape index (κ3) is 2.34. The van der Waals surface area contributed by atoms with Crippen LogP contribution in [0.2, 0.25) is 0 Å². The summed E-state index contributed by atoms with van der Waals surface area (Å²) >= 11 is 0. The molecule has 114 valence electrons. The summed E-state index contributed by atoms with van der Waals surface area (Å²) in [5.41, 5.74) is 2.47. The number of esters is 1. The predicted molar refractivity (Wildman–Crippen MR) is 77.2 cm³/mol. The van der Waals surface area contributed by atoms with Gasteiger partial charge in [-0.25, -0.2) is 4.79 Å². The Morgan fingerprint density at radius 1 is 1.32 bits per heavy atom. The molecule has 0 bridgehead atoms. The minimum Gasteiger partial charge on any atom is -0.464 e. The maximum absolute atomic E-state index is 12.5.